The van der Waals surface area contributed by atoms with Crippen molar-refractivity contribution in [3.8, 4) is 6.07 Å². The Bertz CT molecular complexity index is 708. The molecule has 0 aromatic heterocycles. The van der Waals surface area contributed by atoms with Crippen LogP contribution in [0.1, 0.15) is 49.4 Å². The molecule has 134 valence electrons. The van der Waals surface area contributed by atoms with Gasteiger partial charge in [0, 0.05) is 17.8 Å². The van der Waals surface area contributed by atoms with Crippen LogP contribution in [-0.2, 0) is 9.53 Å². The van der Waals surface area contributed by atoms with Crippen LogP contribution in [0, 0.1) is 11.3 Å². The molecule has 1 aromatic rings. The molecule has 6 nitrogen and oxygen atoms in total. The number of carbonyl (C=O) groups is 2. The van der Waals surface area contributed by atoms with E-state index < -0.39 is 23.5 Å². The summed E-state index contributed by atoms with van der Waals surface area (Å²) in [4.78, 5) is 26.3. The van der Waals surface area contributed by atoms with Gasteiger partial charge in [0.05, 0.1) is 11.6 Å². The SMILES string of the molecule is C[C@@H](OC(=O)c1ccc(Cl)cc1N)C(=O)N(C)C1(C#N)CCCCC1. The molecule has 0 radical (unpaired) electrons. The van der Waals surface area contributed by atoms with Gasteiger partial charge in [-0.1, -0.05) is 30.9 Å². The number of likely N-dealkylation sites (N-methyl/N-ethyl adjacent to an activating group) is 1. The topological polar surface area (TPSA) is 96.4 Å². The van der Waals surface area contributed by atoms with E-state index in [4.69, 9.17) is 22.1 Å². The van der Waals surface area contributed by atoms with Crippen LogP contribution in [-0.4, -0.2) is 35.5 Å². The van der Waals surface area contributed by atoms with Crippen molar-refractivity contribution in [1.82, 2.24) is 4.90 Å². The highest BCUT2D eigenvalue weighted by atomic mass is 35.5. The number of nitrogens with two attached hydrogens (primary N) is 1. The molecule has 1 amide bonds. The predicted molar refractivity (Wildman–Crippen MR) is 94.9 cm³/mol. The number of carbonyl (C=O) groups excluding carboxylic acids is 2. The second-order valence-electron chi connectivity index (χ2n) is 6.38. The third kappa shape index (κ3) is 4.05. The molecule has 0 unspecified atom stereocenters. The van der Waals surface area contributed by atoms with E-state index in [2.05, 4.69) is 6.07 Å². The number of benzene rings is 1. The molecule has 1 aromatic carbocycles. The van der Waals surface area contributed by atoms with Crippen LogP contribution in [0.3, 0.4) is 0 Å². The summed E-state index contributed by atoms with van der Waals surface area (Å²) >= 11 is 5.81. The van der Waals surface area contributed by atoms with E-state index in [1.807, 2.05) is 0 Å². The summed E-state index contributed by atoms with van der Waals surface area (Å²) in [7, 11) is 1.60. The smallest absolute Gasteiger partial charge is 0.341 e. The molecule has 1 aliphatic carbocycles. The van der Waals surface area contributed by atoms with Crippen LogP contribution in [0.4, 0.5) is 5.69 Å². The Morgan fingerprint density at radius 2 is 2.00 bits per heavy atom. The van der Waals surface area contributed by atoms with Crippen molar-refractivity contribution in [2.75, 3.05) is 12.8 Å². The van der Waals surface area contributed by atoms with Gasteiger partial charge in [-0.05, 0) is 38.0 Å². The molecule has 1 saturated carbocycles. The zero-order valence-corrected chi connectivity index (χ0v) is 15.2. The maximum absolute atomic E-state index is 12.7. The summed E-state index contributed by atoms with van der Waals surface area (Å²) in [6.07, 6.45) is 3.12. The van der Waals surface area contributed by atoms with E-state index in [0.717, 1.165) is 19.3 Å². The summed E-state index contributed by atoms with van der Waals surface area (Å²) in [5, 5.41) is 9.99. The number of halogens is 1. The molecule has 1 fully saturated rings. The molecule has 0 heterocycles. The Labute approximate surface area is 152 Å². The predicted octanol–water partition coefficient (Wildman–Crippen LogP) is 3.15. The van der Waals surface area contributed by atoms with Gasteiger partial charge >= 0.3 is 5.97 Å². The van der Waals surface area contributed by atoms with Gasteiger partial charge in [0.25, 0.3) is 5.91 Å². The first-order valence-corrected chi connectivity index (χ1v) is 8.63. The lowest BCUT2D eigenvalue weighted by Crippen LogP contribution is -2.53. The van der Waals surface area contributed by atoms with Gasteiger partial charge in [-0.3, -0.25) is 4.79 Å². The Hall–Kier alpha value is -2.26. The molecule has 0 aliphatic heterocycles. The fourth-order valence-electron chi connectivity index (χ4n) is 3.14. The van der Waals surface area contributed by atoms with E-state index in [1.54, 1.807) is 7.05 Å². The quantitative estimate of drug-likeness (QED) is 0.654. The zero-order chi connectivity index (χ0) is 18.6. The van der Waals surface area contributed by atoms with Gasteiger partial charge in [0.1, 0.15) is 5.54 Å². The van der Waals surface area contributed by atoms with Crippen LogP contribution in [0.5, 0.6) is 0 Å². The average molecular weight is 364 g/mol. The van der Waals surface area contributed by atoms with E-state index in [0.29, 0.717) is 17.9 Å². The van der Waals surface area contributed by atoms with Crippen molar-refractivity contribution in [2.45, 2.75) is 50.7 Å². The number of nitrogen functional groups attached to an aromatic ring is 1. The number of esters is 1. The van der Waals surface area contributed by atoms with Crippen LogP contribution in [0.25, 0.3) is 0 Å². The Morgan fingerprint density at radius 3 is 2.56 bits per heavy atom. The first kappa shape index (κ1) is 19.1. The molecular formula is C18H22ClN3O3. The van der Waals surface area contributed by atoms with Gasteiger partial charge in [-0.15, -0.1) is 0 Å². The zero-order valence-electron chi connectivity index (χ0n) is 14.4. The number of anilines is 1. The number of hydrogen-bond donors (Lipinski definition) is 1. The van der Waals surface area contributed by atoms with Crippen molar-refractivity contribution in [3.05, 3.63) is 28.8 Å². The number of nitriles is 1. The lowest BCUT2D eigenvalue weighted by molar-refractivity contribution is -0.143. The normalized spacial score (nSPS) is 17.2. The molecule has 0 spiro atoms. The molecule has 2 N–H and O–H groups in total. The highest BCUT2D eigenvalue weighted by Crippen LogP contribution is 2.33. The molecule has 0 bridgehead atoms. The van der Waals surface area contributed by atoms with Gasteiger partial charge < -0.3 is 15.4 Å². The second-order valence-corrected chi connectivity index (χ2v) is 6.82. The molecule has 7 heteroatoms. The molecule has 25 heavy (non-hydrogen) atoms. The number of amides is 1. The number of nitrogens with zero attached hydrogens (tertiary/aromatic N) is 2. The molecular weight excluding hydrogens is 342 g/mol. The number of hydrogen-bond acceptors (Lipinski definition) is 5. The Kier molecular flexibility index (Phi) is 5.91. The molecule has 2 rings (SSSR count). The average Bonchev–Trinajstić information content (AvgIpc) is 2.60. The summed E-state index contributed by atoms with van der Waals surface area (Å²) in [5.41, 5.74) is 5.28. The standard InChI is InChI=1S/C18H22ClN3O3/c1-12(25-17(24)14-7-6-13(19)10-15(14)21)16(23)22(2)18(11-20)8-4-3-5-9-18/h6-7,10,12H,3-5,8-9,21H2,1-2H3/t12-/m1/s1. The lowest BCUT2D eigenvalue weighted by Gasteiger charge is -2.39. The van der Waals surface area contributed by atoms with Crippen molar-refractivity contribution in [1.29, 1.82) is 5.26 Å². The van der Waals surface area contributed by atoms with E-state index in [9.17, 15) is 14.9 Å². The summed E-state index contributed by atoms with van der Waals surface area (Å²) in [6.45, 7) is 1.50. The van der Waals surface area contributed by atoms with Crippen LogP contribution >= 0.6 is 11.6 Å². The largest absolute Gasteiger partial charge is 0.449 e. The lowest BCUT2D eigenvalue weighted by atomic mass is 9.81. The van der Waals surface area contributed by atoms with Crippen molar-refractivity contribution >= 4 is 29.2 Å². The maximum atomic E-state index is 12.7. The van der Waals surface area contributed by atoms with Gasteiger partial charge in [0.2, 0.25) is 0 Å². The van der Waals surface area contributed by atoms with Crippen molar-refractivity contribution in [3.63, 3.8) is 0 Å². The monoisotopic (exact) mass is 363 g/mol. The van der Waals surface area contributed by atoms with Crippen LogP contribution < -0.4 is 5.73 Å². The fourth-order valence-corrected chi connectivity index (χ4v) is 3.32. The van der Waals surface area contributed by atoms with Crippen molar-refractivity contribution < 1.29 is 14.3 Å². The Balaban J connectivity index is 2.09. The fraction of sp³-hybridized carbons (Fsp3) is 0.500. The van der Waals surface area contributed by atoms with Gasteiger partial charge in [-0.25, -0.2) is 4.79 Å². The number of rotatable bonds is 4. The molecule has 0 saturated heterocycles. The second kappa shape index (κ2) is 7.75. The number of ether oxygens (including phenoxy) is 1. The highest BCUT2D eigenvalue weighted by molar-refractivity contribution is 6.31. The molecule has 1 atom stereocenters. The van der Waals surface area contributed by atoms with E-state index >= 15 is 0 Å². The Morgan fingerprint density at radius 1 is 1.36 bits per heavy atom. The van der Waals surface area contributed by atoms with Gasteiger partial charge in [0.15, 0.2) is 6.10 Å². The maximum Gasteiger partial charge on any atom is 0.341 e. The van der Waals surface area contributed by atoms with Gasteiger partial charge in [-0.2, -0.15) is 5.26 Å². The van der Waals surface area contributed by atoms with E-state index in [-0.39, 0.29) is 11.3 Å². The highest BCUT2D eigenvalue weighted by Gasteiger charge is 2.40. The first-order chi connectivity index (χ1) is 11.8. The first-order valence-electron chi connectivity index (χ1n) is 8.25. The minimum atomic E-state index is -1.01. The van der Waals surface area contributed by atoms with Crippen LogP contribution in [0.2, 0.25) is 5.02 Å². The minimum Gasteiger partial charge on any atom is -0.449 e. The third-order valence-corrected chi connectivity index (χ3v) is 4.96. The summed E-state index contributed by atoms with van der Waals surface area (Å²) < 4.78 is 5.26. The van der Waals surface area contributed by atoms with Crippen molar-refractivity contribution in [2.24, 2.45) is 0 Å². The summed E-state index contributed by atoms with van der Waals surface area (Å²) in [6, 6.07) is 6.72. The van der Waals surface area contributed by atoms with Crippen LogP contribution in [0.15, 0.2) is 18.2 Å². The third-order valence-electron chi connectivity index (χ3n) is 4.73. The molecule has 1 aliphatic rings. The van der Waals surface area contributed by atoms with E-state index in [1.165, 1.54) is 30.0 Å². The summed E-state index contributed by atoms with van der Waals surface area (Å²) in [5.74, 6) is -1.09. The minimum absolute atomic E-state index is 0.152.